The number of halogens is 2. The number of carbonyl (C=O) groups excluding carboxylic acids is 1. The molecule has 5 nitrogen and oxygen atoms in total. The highest BCUT2D eigenvalue weighted by atomic mass is 19.1. The number of nitrogens with zero attached hydrogens (tertiary/aromatic N) is 1. The van der Waals surface area contributed by atoms with E-state index in [4.69, 9.17) is 16.2 Å². The lowest BCUT2D eigenvalue weighted by atomic mass is 9.88. The van der Waals surface area contributed by atoms with Crippen molar-refractivity contribution in [3.8, 4) is 5.75 Å². The Morgan fingerprint density at radius 2 is 1.77 bits per heavy atom. The van der Waals surface area contributed by atoms with Gasteiger partial charge in [-0.05, 0) is 55.8 Å². The van der Waals surface area contributed by atoms with Crippen LogP contribution in [0.25, 0.3) is 5.57 Å². The van der Waals surface area contributed by atoms with Gasteiger partial charge in [-0.2, -0.15) is 4.99 Å². The van der Waals surface area contributed by atoms with E-state index >= 15 is 0 Å². The average molecular weight is 357 g/mol. The molecule has 4 N–H and O–H groups in total. The summed E-state index contributed by atoms with van der Waals surface area (Å²) in [5.41, 5.74) is 10.3. The van der Waals surface area contributed by atoms with E-state index in [2.05, 4.69) is 4.99 Å². The molecule has 1 heterocycles. The van der Waals surface area contributed by atoms with E-state index in [0.717, 1.165) is 0 Å². The highest BCUT2D eigenvalue weighted by Crippen LogP contribution is 2.41. The van der Waals surface area contributed by atoms with E-state index in [-0.39, 0.29) is 17.1 Å². The molecular formula is C19H17F2N3O2. The molecule has 0 fully saturated rings. The number of aliphatic imine (C=N–C) groups is 1. The molecule has 0 aromatic heterocycles. The van der Waals surface area contributed by atoms with E-state index in [1.54, 1.807) is 26.0 Å². The van der Waals surface area contributed by atoms with Gasteiger partial charge < -0.3 is 16.2 Å². The summed E-state index contributed by atoms with van der Waals surface area (Å²) in [4.78, 5) is 15.6. The molecule has 1 aliphatic rings. The third-order valence-electron chi connectivity index (χ3n) is 3.84. The number of fused-ring (bicyclic) bond motifs is 1. The van der Waals surface area contributed by atoms with E-state index in [9.17, 15) is 13.6 Å². The molecule has 1 aliphatic heterocycles. The number of guanidine groups is 1. The normalized spacial score (nSPS) is 14.7. The summed E-state index contributed by atoms with van der Waals surface area (Å²) >= 11 is 0. The number of rotatable bonds is 2. The second kappa shape index (κ2) is 6.25. The summed E-state index contributed by atoms with van der Waals surface area (Å²) in [7, 11) is 0. The molecule has 0 saturated carbocycles. The molecule has 0 spiro atoms. The fourth-order valence-corrected chi connectivity index (χ4v) is 2.84. The first-order chi connectivity index (χ1) is 12.2. The zero-order chi connectivity index (χ0) is 19.1. The fourth-order valence-electron chi connectivity index (χ4n) is 2.84. The van der Waals surface area contributed by atoms with Crippen LogP contribution >= 0.6 is 0 Å². The third kappa shape index (κ3) is 3.28. The van der Waals surface area contributed by atoms with Gasteiger partial charge in [0.15, 0.2) is 5.96 Å². The predicted octanol–water partition coefficient (Wildman–Crippen LogP) is 2.98. The molecule has 0 unspecified atom stereocenters. The van der Waals surface area contributed by atoms with E-state index in [1.807, 2.05) is 0 Å². The second-order valence-corrected chi connectivity index (χ2v) is 6.41. The van der Waals surface area contributed by atoms with E-state index in [0.29, 0.717) is 16.9 Å². The first-order valence-electron chi connectivity index (χ1n) is 7.82. The average Bonchev–Trinajstić information content (AvgIpc) is 2.52. The number of benzene rings is 2. The summed E-state index contributed by atoms with van der Waals surface area (Å²) in [6.07, 6.45) is 1.62. The minimum atomic E-state index is -0.789. The highest BCUT2D eigenvalue weighted by molar-refractivity contribution is 6.03. The standard InChI is InChI=1S/C19H17F2N3O2/c1-19(2)9-12(16-13(20)4-3-5-14(16)21)11-8-10(6-7-15(11)26-19)17(25)24-18(22)23/h3-9H,1-2H3,(H4,22,23,24,25). The van der Waals surface area contributed by atoms with E-state index in [1.165, 1.54) is 30.3 Å². The zero-order valence-electron chi connectivity index (χ0n) is 14.2. The Balaban J connectivity index is 2.22. The molecule has 3 rings (SSSR count). The lowest BCUT2D eigenvalue weighted by Gasteiger charge is -2.31. The Morgan fingerprint density at radius 3 is 2.38 bits per heavy atom. The smallest absolute Gasteiger partial charge is 0.280 e. The van der Waals surface area contributed by atoms with Crippen LogP contribution < -0.4 is 16.2 Å². The van der Waals surface area contributed by atoms with Crippen LogP contribution in [0.5, 0.6) is 5.75 Å². The van der Waals surface area contributed by atoms with Crippen molar-refractivity contribution in [2.45, 2.75) is 19.4 Å². The number of carbonyl (C=O) groups is 1. The molecule has 1 amide bonds. The molecule has 134 valence electrons. The van der Waals surface area contributed by atoms with Crippen LogP contribution in [-0.4, -0.2) is 17.5 Å². The number of ether oxygens (including phenoxy) is 1. The molecule has 0 radical (unpaired) electrons. The van der Waals surface area contributed by atoms with Gasteiger partial charge in [-0.1, -0.05) is 6.07 Å². The van der Waals surface area contributed by atoms with Gasteiger partial charge in [-0.25, -0.2) is 8.78 Å². The fraction of sp³-hybridized carbons (Fsp3) is 0.158. The van der Waals surface area contributed by atoms with Crippen LogP contribution in [0.2, 0.25) is 0 Å². The Morgan fingerprint density at radius 1 is 1.12 bits per heavy atom. The number of nitrogens with two attached hydrogens (primary N) is 2. The van der Waals surface area contributed by atoms with Crippen molar-refractivity contribution >= 4 is 17.4 Å². The molecule has 0 bridgehead atoms. The zero-order valence-corrected chi connectivity index (χ0v) is 14.2. The van der Waals surface area contributed by atoms with Gasteiger partial charge in [-0.3, -0.25) is 4.79 Å². The van der Waals surface area contributed by atoms with Crippen LogP contribution in [0.4, 0.5) is 8.78 Å². The minimum absolute atomic E-state index is 0.170. The molecule has 26 heavy (non-hydrogen) atoms. The second-order valence-electron chi connectivity index (χ2n) is 6.41. The number of hydrogen-bond donors (Lipinski definition) is 2. The van der Waals surface area contributed by atoms with Gasteiger partial charge in [-0.15, -0.1) is 0 Å². The largest absolute Gasteiger partial charge is 0.483 e. The molecule has 2 aromatic carbocycles. The Hall–Kier alpha value is -3.22. The topological polar surface area (TPSA) is 90.7 Å². The lowest BCUT2D eigenvalue weighted by Crippen LogP contribution is -2.29. The number of hydrogen-bond acceptors (Lipinski definition) is 2. The maximum Gasteiger partial charge on any atom is 0.280 e. The summed E-state index contributed by atoms with van der Waals surface area (Å²) in [5, 5.41) is 0. The predicted molar refractivity (Wildman–Crippen MR) is 94.7 cm³/mol. The monoisotopic (exact) mass is 357 g/mol. The van der Waals surface area contributed by atoms with Crippen LogP contribution in [0.1, 0.15) is 35.3 Å². The van der Waals surface area contributed by atoms with Crippen LogP contribution in [0, 0.1) is 11.6 Å². The van der Waals surface area contributed by atoms with Gasteiger partial charge in [0.05, 0.1) is 5.56 Å². The molecular weight excluding hydrogens is 340 g/mol. The molecule has 0 saturated heterocycles. The maximum atomic E-state index is 14.4. The number of amides is 1. The third-order valence-corrected chi connectivity index (χ3v) is 3.84. The van der Waals surface area contributed by atoms with Crippen LogP contribution in [0.15, 0.2) is 47.5 Å². The lowest BCUT2D eigenvalue weighted by molar-refractivity contribution is 0.100. The van der Waals surface area contributed by atoms with Crippen molar-refractivity contribution in [3.63, 3.8) is 0 Å². The first-order valence-corrected chi connectivity index (χ1v) is 7.82. The first kappa shape index (κ1) is 17.6. The van der Waals surface area contributed by atoms with Gasteiger partial charge in [0, 0.05) is 11.1 Å². The van der Waals surface area contributed by atoms with Gasteiger partial charge in [0.1, 0.15) is 23.0 Å². The summed E-state index contributed by atoms with van der Waals surface area (Å²) < 4.78 is 34.6. The molecule has 2 aromatic rings. The van der Waals surface area contributed by atoms with Crippen molar-refractivity contribution in [1.82, 2.24) is 0 Å². The van der Waals surface area contributed by atoms with Crippen LogP contribution in [-0.2, 0) is 0 Å². The summed E-state index contributed by atoms with van der Waals surface area (Å²) in [6, 6.07) is 8.14. The van der Waals surface area contributed by atoms with Crippen molar-refractivity contribution < 1.29 is 18.3 Å². The highest BCUT2D eigenvalue weighted by Gasteiger charge is 2.30. The van der Waals surface area contributed by atoms with Crippen molar-refractivity contribution in [2.75, 3.05) is 0 Å². The molecule has 0 atom stereocenters. The van der Waals surface area contributed by atoms with Crippen molar-refractivity contribution in [2.24, 2.45) is 16.5 Å². The van der Waals surface area contributed by atoms with Gasteiger partial charge >= 0.3 is 0 Å². The Kier molecular flexibility index (Phi) is 4.23. The molecule has 0 aliphatic carbocycles. The Labute approximate surface area is 149 Å². The van der Waals surface area contributed by atoms with Crippen molar-refractivity contribution in [1.29, 1.82) is 0 Å². The summed E-state index contributed by atoms with van der Waals surface area (Å²) in [6.45, 7) is 3.54. The van der Waals surface area contributed by atoms with Gasteiger partial charge in [0.25, 0.3) is 5.91 Å². The molecule has 7 heteroatoms. The SMILES string of the molecule is CC1(C)C=C(c2c(F)cccc2F)c2cc(C(=O)N=C(N)N)ccc2O1. The quantitative estimate of drug-likeness (QED) is 0.639. The minimum Gasteiger partial charge on any atom is -0.483 e. The summed E-state index contributed by atoms with van der Waals surface area (Å²) in [5.74, 6) is -2.05. The van der Waals surface area contributed by atoms with Crippen LogP contribution in [0.3, 0.4) is 0 Å². The van der Waals surface area contributed by atoms with Crippen molar-refractivity contribution in [3.05, 3.63) is 70.8 Å². The van der Waals surface area contributed by atoms with E-state index < -0.39 is 23.1 Å². The van der Waals surface area contributed by atoms with Gasteiger partial charge in [0.2, 0.25) is 0 Å². The maximum absolute atomic E-state index is 14.4. The Bertz CT molecular complexity index is 941.